The Kier molecular flexibility index (Phi) is 9.78. The normalized spacial score (nSPS) is 14.2. The predicted octanol–water partition coefficient (Wildman–Crippen LogP) is 4.59. The van der Waals surface area contributed by atoms with Crippen molar-refractivity contribution < 1.29 is 13.0 Å². The highest BCUT2D eigenvalue weighted by Gasteiger charge is 2.13. The molecule has 3 heterocycles. The molecule has 2 aromatic carbocycles. The van der Waals surface area contributed by atoms with Gasteiger partial charge in [0.1, 0.15) is 0 Å². The van der Waals surface area contributed by atoms with Crippen LogP contribution in [0.1, 0.15) is 11.1 Å². The predicted molar refractivity (Wildman–Crippen MR) is 160 cm³/mol. The van der Waals surface area contributed by atoms with Gasteiger partial charge in [-0.3, -0.25) is 14.4 Å². The fourth-order valence-corrected chi connectivity index (χ4v) is 4.17. The summed E-state index contributed by atoms with van der Waals surface area (Å²) in [5.41, 5.74) is 7.29. The molecular weight excluding hydrogens is 526 g/mol. The number of pyridine rings is 1. The quantitative estimate of drug-likeness (QED) is 0.276. The number of benzene rings is 2. The molecule has 1 aliphatic rings. The third-order valence-electron chi connectivity index (χ3n) is 6.34. The number of hydrogen-bond donors (Lipinski definition) is 3. The molecule has 4 aromatic rings. The van der Waals surface area contributed by atoms with Gasteiger partial charge in [0.2, 0.25) is 5.95 Å². The highest BCUT2D eigenvalue weighted by Crippen LogP contribution is 2.26. The Morgan fingerprint density at radius 3 is 2.30 bits per heavy atom. The van der Waals surface area contributed by atoms with Crippen LogP contribution in [-0.2, 0) is 16.7 Å². The Labute approximate surface area is 235 Å². The van der Waals surface area contributed by atoms with Gasteiger partial charge in [-0.15, -0.1) is 0 Å². The van der Waals surface area contributed by atoms with Crippen LogP contribution in [-0.4, -0.2) is 77.2 Å². The molecule has 3 N–H and O–H groups in total. The molecule has 2 aromatic heterocycles. The summed E-state index contributed by atoms with van der Waals surface area (Å²) in [4.78, 5) is 18.2. The number of nitrogens with zero attached hydrogens (tertiary/aromatic N) is 5. The molecule has 0 aliphatic carbocycles. The highest BCUT2D eigenvalue weighted by atomic mass is 32.2. The van der Waals surface area contributed by atoms with E-state index < -0.39 is 10.1 Å². The van der Waals surface area contributed by atoms with Crippen LogP contribution >= 0.6 is 0 Å². The van der Waals surface area contributed by atoms with Crippen LogP contribution in [0.5, 0.6) is 0 Å². The first kappa shape index (κ1) is 29.1. The number of aromatic nitrogens is 3. The maximum absolute atomic E-state index is 9.19. The van der Waals surface area contributed by atoms with Gasteiger partial charge in [0.25, 0.3) is 10.1 Å². The zero-order chi connectivity index (χ0) is 28.5. The lowest BCUT2D eigenvalue weighted by molar-refractivity contribution is 0.148. The van der Waals surface area contributed by atoms with E-state index >= 15 is 0 Å². The molecule has 0 atom stereocenters. The number of piperazine rings is 1. The van der Waals surface area contributed by atoms with Gasteiger partial charge in [-0.25, -0.2) is 9.97 Å². The monoisotopic (exact) mass is 561 g/mol. The van der Waals surface area contributed by atoms with Gasteiger partial charge in [0.05, 0.1) is 11.9 Å². The molecule has 40 heavy (non-hydrogen) atoms. The average molecular weight is 562 g/mol. The lowest BCUT2D eigenvalue weighted by atomic mass is 10.1. The van der Waals surface area contributed by atoms with Crippen LogP contribution in [0.4, 0.5) is 23.0 Å². The van der Waals surface area contributed by atoms with Crippen LogP contribution in [0, 0.1) is 6.92 Å². The summed E-state index contributed by atoms with van der Waals surface area (Å²) in [5, 5.41) is 6.90. The molecular formula is C29H35N7O3S. The molecule has 11 heteroatoms. The van der Waals surface area contributed by atoms with E-state index in [0.717, 1.165) is 66.6 Å². The number of nitrogens with one attached hydrogen (secondary N) is 2. The molecule has 0 bridgehead atoms. The van der Waals surface area contributed by atoms with E-state index in [9.17, 15) is 8.42 Å². The molecule has 0 amide bonds. The number of aryl methyl sites for hydroxylation is 1. The van der Waals surface area contributed by atoms with Gasteiger partial charge in [-0.05, 0) is 67.6 Å². The molecule has 5 rings (SSSR count). The van der Waals surface area contributed by atoms with Gasteiger partial charge in [0.15, 0.2) is 0 Å². The van der Waals surface area contributed by atoms with E-state index in [1.165, 1.54) is 5.56 Å². The maximum atomic E-state index is 9.19. The van der Waals surface area contributed by atoms with Crippen LogP contribution in [0.15, 0.2) is 79.3 Å². The summed E-state index contributed by atoms with van der Waals surface area (Å²) in [5.74, 6) is 0.555. The Hall–Kier alpha value is -3.90. The van der Waals surface area contributed by atoms with Crippen LogP contribution in [0.2, 0.25) is 0 Å². The van der Waals surface area contributed by atoms with Crippen molar-refractivity contribution in [2.24, 2.45) is 0 Å². The van der Waals surface area contributed by atoms with Gasteiger partial charge in [0, 0.05) is 73.9 Å². The lowest BCUT2D eigenvalue weighted by Crippen LogP contribution is -2.43. The lowest BCUT2D eigenvalue weighted by Gasteiger charge is -2.32. The highest BCUT2D eigenvalue weighted by molar-refractivity contribution is 7.85. The van der Waals surface area contributed by atoms with Crippen LogP contribution in [0.3, 0.4) is 0 Å². The van der Waals surface area contributed by atoms with Crippen LogP contribution < -0.4 is 10.6 Å². The summed E-state index contributed by atoms with van der Waals surface area (Å²) < 4.78 is 25.9. The standard InChI is InChI=1S/C28H31N7.CH4O3S/c1-21-5-8-25(31-24-9-6-22(7-10-24)20-35-16-14-34(2)15-17-35)18-27(21)33-28-30-13-11-26(32-28)23-4-3-12-29-19-23;1-5(2,3)4/h3-13,18-19,31H,14-17,20H2,1-2H3,(H,30,32,33);1H3,(H,2,3,4). The molecule has 1 fully saturated rings. The first-order chi connectivity index (χ1) is 19.1. The van der Waals surface area contributed by atoms with Gasteiger partial charge >= 0.3 is 0 Å². The molecule has 1 aliphatic heterocycles. The Bertz CT molecular complexity index is 1480. The van der Waals surface area contributed by atoms with E-state index in [4.69, 9.17) is 4.55 Å². The second-order valence-corrected chi connectivity index (χ2v) is 11.3. The van der Waals surface area contributed by atoms with Crippen molar-refractivity contribution in [3.63, 3.8) is 0 Å². The summed E-state index contributed by atoms with van der Waals surface area (Å²) in [6.45, 7) is 7.62. The maximum Gasteiger partial charge on any atom is 0.261 e. The molecule has 0 spiro atoms. The number of anilines is 4. The third-order valence-corrected chi connectivity index (χ3v) is 6.34. The van der Waals surface area contributed by atoms with Crippen molar-refractivity contribution in [2.45, 2.75) is 13.5 Å². The summed E-state index contributed by atoms with van der Waals surface area (Å²) in [6.07, 6.45) is 6.04. The number of rotatable bonds is 7. The number of likely N-dealkylation sites (N-methyl/N-ethyl adjacent to an activating group) is 1. The van der Waals surface area contributed by atoms with Gasteiger partial charge in [-0.1, -0.05) is 18.2 Å². The zero-order valence-electron chi connectivity index (χ0n) is 22.9. The van der Waals surface area contributed by atoms with E-state index in [1.807, 2.05) is 18.2 Å². The van der Waals surface area contributed by atoms with E-state index in [0.29, 0.717) is 12.2 Å². The van der Waals surface area contributed by atoms with Crippen LogP contribution in [0.25, 0.3) is 11.3 Å². The molecule has 0 radical (unpaired) electrons. The SMILES string of the molecule is CS(=O)(=O)O.Cc1ccc(Nc2ccc(CN3CCN(C)CC3)cc2)cc1Nc1nccc(-c2cccnc2)n1. The number of hydrogen-bond acceptors (Lipinski definition) is 9. The molecule has 0 saturated carbocycles. The Morgan fingerprint density at radius 2 is 1.62 bits per heavy atom. The van der Waals surface area contributed by atoms with Crippen molar-refractivity contribution in [3.05, 3.63) is 90.4 Å². The minimum atomic E-state index is -3.67. The fraction of sp³-hybridized carbons (Fsp3) is 0.276. The van der Waals surface area contributed by atoms with E-state index in [1.54, 1.807) is 18.6 Å². The first-order valence-corrected chi connectivity index (χ1v) is 14.8. The van der Waals surface area contributed by atoms with Gasteiger partial charge < -0.3 is 15.5 Å². The second kappa shape index (κ2) is 13.4. The fourth-order valence-electron chi connectivity index (χ4n) is 4.17. The zero-order valence-corrected chi connectivity index (χ0v) is 23.8. The summed E-state index contributed by atoms with van der Waals surface area (Å²) in [7, 11) is -1.48. The molecule has 1 saturated heterocycles. The van der Waals surface area contributed by atoms with Crippen molar-refractivity contribution in [1.29, 1.82) is 0 Å². The second-order valence-electron chi connectivity index (χ2n) is 9.80. The minimum absolute atomic E-state index is 0.555. The van der Waals surface area contributed by atoms with Crippen molar-refractivity contribution in [1.82, 2.24) is 24.8 Å². The van der Waals surface area contributed by atoms with E-state index in [-0.39, 0.29) is 0 Å². The first-order valence-electron chi connectivity index (χ1n) is 12.9. The Balaban J connectivity index is 0.000000681. The molecule has 210 valence electrons. The molecule has 0 unspecified atom stereocenters. The summed E-state index contributed by atoms with van der Waals surface area (Å²) >= 11 is 0. The van der Waals surface area contributed by atoms with Crippen molar-refractivity contribution >= 4 is 33.1 Å². The average Bonchev–Trinajstić information content (AvgIpc) is 2.93. The minimum Gasteiger partial charge on any atom is -0.355 e. The summed E-state index contributed by atoms with van der Waals surface area (Å²) in [6, 6.07) is 20.8. The third kappa shape index (κ3) is 9.38. The largest absolute Gasteiger partial charge is 0.355 e. The molecule has 10 nitrogen and oxygen atoms in total. The van der Waals surface area contributed by atoms with Crippen molar-refractivity contribution in [2.75, 3.05) is 50.1 Å². The smallest absolute Gasteiger partial charge is 0.261 e. The topological polar surface area (TPSA) is 124 Å². The Morgan fingerprint density at radius 1 is 0.925 bits per heavy atom. The van der Waals surface area contributed by atoms with E-state index in [2.05, 4.69) is 91.8 Å². The van der Waals surface area contributed by atoms with Gasteiger partial charge in [-0.2, -0.15) is 8.42 Å². The van der Waals surface area contributed by atoms with Crippen molar-refractivity contribution in [3.8, 4) is 11.3 Å².